The van der Waals surface area contributed by atoms with Gasteiger partial charge in [0.05, 0.1) is 39.0 Å². The van der Waals surface area contributed by atoms with Crippen molar-refractivity contribution in [2.45, 2.75) is 297 Å². The van der Waals surface area contributed by atoms with E-state index in [0.717, 1.165) is 0 Å². The van der Waals surface area contributed by atoms with Gasteiger partial charge in [0.2, 0.25) is 106 Å². The molecule has 1 unspecified atom stereocenters. The molecule has 0 spiro atoms. The van der Waals surface area contributed by atoms with Gasteiger partial charge in [-0.05, 0) is 113 Å². The molecule has 722 valence electrons. The molecule has 2 aliphatic heterocycles. The first-order valence-corrected chi connectivity index (χ1v) is 44.2. The van der Waals surface area contributed by atoms with Gasteiger partial charge in [-0.2, -0.15) is 0 Å². The Bertz CT molecular complexity index is 4130. The van der Waals surface area contributed by atoms with Crippen LogP contribution in [0.3, 0.4) is 0 Å². The standard InChI is InChI=1S/C84H139N23O22/c1-17-46(13)67(80(124)90-35-64(111)89-36-65(112)103-66(45(11)12)84(128)129)104-77(121)60(38-109)102-78(122)61-21-19-25-106(61)82(126)58(29-43(7)8)100-70(114)49(16)93-69(113)48(15)94-73(117)56(31-50-33-87-39-91-50)97-76(120)57(32-51-34-88-40-92-51)98-75(119)55(28-42(5)6)99-81(125)68(47(14)18-2)105-79(123)62-22-20-26-107(62)83(127)59(30-44(9)10)101-72(116)53(23-24-63(86)110)95-74(118)54(27-41(3)4)96-71(115)52(85)37-108/h33-34,39-49,52-62,66-68,108-109H,17-32,35-38,85H2,1-16H3,(H2,86,110)(H,87,91)(H,88,92)(H,89,111)(H,90,124)(H,93,113)(H,94,117)(H,95,118)(H,96,115)(H,97,120)(H,98,119)(H,99,125)(H,100,114)(H,101,116)(H,102,122)(H,103,112)(H,104,121)(H,105,123)(H,128,129)/t46-,47-,48-,49-,52-,53-,54-,55-,56-,57-,58-,59-,60?,61-,62-,66-,67-,68-/m0/s1. The Kier molecular flexibility index (Phi) is 45.8. The lowest BCUT2D eigenvalue weighted by molar-refractivity contribution is -0.143. The van der Waals surface area contributed by atoms with Crippen LogP contribution in [0, 0.1) is 41.4 Å². The van der Waals surface area contributed by atoms with Gasteiger partial charge in [0.15, 0.2) is 0 Å². The lowest BCUT2D eigenvalue weighted by Gasteiger charge is -2.32. The number of nitrogens with zero attached hydrogens (tertiary/aromatic N) is 4. The zero-order chi connectivity index (χ0) is 97.0. The Labute approximate surface area is 751 Å². The molecule has 2 aliphatic rings. The Morgan fingerprint density at radius 3 is 1.22 bits per heavy atom. The predicted octanol–water partition coefficient (Wildman–Crippen LogP) is -4.93. The number of aromatic nitrogens is 4. The lowest BCUT2D eigenvalue weighted by Crippen LogP contribution is -2.61. The second-order valence-electron chi connectivity index (χ2n) is 35.3. The van der Waals surface area contributed by atoms with E-state index in [-0.39, 0.29) is 101 Å². The van der Waals surface area contributed by atoms with Crippen LogP contribution in [0.1, 0.15) is 199 Å². The molecule has 18 amide bonds. The molecule has 45 nitrogen and oxygen atoms in total. The summed E-state index contributed by atoms with van der Waals surface area (Å²) in [5, 5.41) is 67.8. The van der Waals surface area contributed by atoms with Gasteiger partial charge in [0, 0.05) is 56.1 Å². The van der Waals surface area contributed by atoms with Crippen molar-refractivity contribution in [3.63, 3.8) is 0 Å². The summed E-state index contributed by atoms with van der Waals surface area (Å²) in [5.74, 6) is -18.8. The molecule has 4 heterocycles. The first kappa shape index (κ1) is 110. The van der Waals surface area contributed by atoms with Crippen LogP contribution in [0.4, 0.5) is 0 Å². The summed E-state index contributed by atoms with van der Waals surface area (Å²) < 4.78 is 0. The van der Waals surface area contributed by atoms with E-state index in [0.29, 0.717) is 37.1 Å². The molecule has 0 aliphatic carbocycles. The SMILES string of the molecule is CC[C@H](C)[C@H](NC(=O)C(CO)NC(=O)[C@@H]1CCCN1C(=O)[C@H](CC(C)C)NC(=O)[C@H](C)NC(=O)[C@H](C)NC(=O)[C@H](Cc1cnc[nH]1)NC(=O)[C@H](Cc1cnc[nH]1)NC(=O)[C@H](CC(C)C)NC(=O)[C@@H](NC(=O)[C@@H]1CCCN1C(=O)[C@H](CC(C)C)NC(=O)[C@H](CCC(N)=O)NC(=O)[C@H](CC(C)C)NC(=O)[C@@H](N)CO)[C@@H](C)CC)C(=O)NCC(=O)NCC(=O)N[C@H](C(=O)O)C(C)C. The molecule has 0 bridgehead atoms. The zero-order valence-corrected chi connectivity index (χ0v) is 76.8. The molecule has 0 aromatic carbocycles. The number of carbonyl (C=O) groups is 19. The number of rotatable bonds is 55. The molecule has 2 aromatic heterocycles. The average molecular weight is 1820 g/mol. The van der Waals surface area contributed by atoms with E-state index in [1.165, 1.54) is 48.7 Å². The van der Waals surface area contributed by atoms with Crippen molar-refractivity contribution in [1.82, 2.24) is 109 Å². The van der Waals surface area contributed by atoms with Crippen LogP contribution in [-0.2, 0) is 104 Å². The van der Waals surface area contributed by atoms with E-state index in [2.05, 4.69) is 99.7 Å². The van der Waals surface area contributed by atoms with Gasteiger partial charge in [-0.25, -0.2) is 14.8 Å². The highest BCUT2D eigenvalue weighted by Gasteiger charge is 2.45. The normalized spacial score (nSPS) is 17.5. The van der Waals surface area contributed by atoms with Crippen molar-refractivity contribution in [1.29, 1.82) is 0 Å². The predicted molar refractivity (Wildman–Crippen MR) is 466 cm³/mol. The summed E-state index contributed by atoms with van der Waals surface area (Å²) in [6, 6.07) is -21.8. The maximum atomic E-state index is 14.8. The molecule has 2 saturated heterocycles. The molecule has 24 N–H and O–H groups in total. The third kappa shape index (κ3) is 36.0. The Morgan fingerprint density at radius 1 is 0.419 bits per heavy atom. The van der Waals surface area contributed by atoms with Crippen molar-refractivity contribution in [2.75, 3.05) is 39.4 Å². The molecular weight excluding hydrogens is 1680 g/mol. The van der Waals surface area contributed by atoms with E-state index in [9.17, 15) is 106 Å². The summed E-state index contributed by atoms with van der Waals surface area (Å²) in [6.07, 6.45) is 5.87. The molecule has 129 heavy (non-hydrogen) atoms. The molecule has 18 atom stereocenters. The van der Waals surface area contributed by atoms with Crippen LogP contribution in [0.15, 0.2) is 25.0 Å². The fraction of sp³-hybridized carbons (Fsp3) is 0.702. The van der Waals surface area contributed by atoms with Crippen LogP contribution in [0.2, 0.25) is 0 Å². The number of amides is 18. The van der Waals surface area contributed by atoms with Crippen LogP contribution in [0.5, 0.6) is 0 Å². The largest absolute Gasteiger partial charge is 0.480 e. The molecule has 2 fully saturated rings. The minimum absolute atomic E-state index is 0.0124. The number of nitrogens with two attached hydrogens (primary N) is 2. The fourth-order valence-electron chi connectivity index (χ4n) is 14.4. The maximum Gasteiger partial charge on any atom is 0.326 e. The highest BCUT2D eigenvalue weighted by molar-refractivity contribution is 6.01. The summed E-state index contributed by atoms with van der Waals surface area (Å²) in [4.78, 5) is 278. The van der Waals surface area contributed by atoms with Gasteiger partial charge in [-0.1, -0.05) is 110 Å². The Balaban J connectivity index is 1.48. The van der Waals surface area contributed by atoms with E-state index < -0.39 is 253 Å². The topological polar surface area (TPSA) is 681 Å². The lowest BCUT2D eigenvalue weighted by atomic mass is 9.96. The summed E-state index contributed by atoms with van der Waals surface area (Å²) in [7, 11) is 0. The summed E-state index contributed by atoms with van der Waals surface area (Å²) >= 11 is 0. The number of aliphatic hydroxyl groups is 2. The summed E-state index contributed by atoms with van der Waals surface area (Å²) in [6.45, 7) is 24.0. The number of aliphatic hydroxyl groups excluding tert-OH is 2. The van der Waals surface area contributed by atoms with Gasteiger partial charge >= 0.3 is 5.97 Å². The first-order valence-electron chi connectivity index (χ1n) is 44.2. The number of aromatic amines is 2. The molecule has 2 aromatic rings. The summed E-state index contributed by atoms with van der Waals surface area (Å²) in [5.41, 5.74) is 11.9. The van der Waals surface area contributed by atoms with Crippen LogP contribution < -0.4 is 91.2 Å². The highest BCUT2D eigenvalue weighted by Crippen LogP contribution is 2.25. The molecule has 4 rings (SSSR count). The van der Waals surface area contributed by atoms with Crippen LogP contribution >= 0.6 is 0 Å². The number of carboxylic acid groups (broad SMARTS) is 1. The number of imidazole rings is 2. The van der Waals surface area contributed by atoms with Crippen LogP contribution in [-0.4, -0.2) is 293 Å². The van der Waals surface area contributed by atoms with Gasteiger partial charge in [0.1, 0.15) is 96.7 Å². The number of hydrogen-bond donors (Lipinski definition) is 22. The number of H-pyrrole nitrogens is 2. The number of likely N-dealkylation sites (tertiary alicyclic amines) is 2. The number of hydrogen-bond acceptors (Lipinski definition) is 24. The third-order valence-electron chi connectivity index (χ3n) is 22.1. The van der Waals surface area contributed by atoms with E-state index in [4.69, 9.17) is 11.5 Å². The highest BCUT2D eigenvalue weighted by atomic mass is 16.4. The number of nitrogens with one attached hydrogen (secondary N) is 17. The molecular formula is C84H139N23O22. The number of carbonyl (C=O) groups excluding carboxylic acids is 18. The fourth-order valence-corrected chi connectivity index (χ4v) is 14.4. The van der Waals surface area contributed by atoms with Crippen LogP contribution in [0.25, 0.3) is 0 Å². The monoisotopic (exact) mass is 1820 g/mol. The van der Waals surface area contributed by atoms with Gasteiger partial charge < -0.3 is 126 Å². The zero-order valence-electron chi connectivity index (χ0n) is 76.8. The Morgan fingerprint density at radius 2 is 0.798 bits per heavy atom. The van der Waals surface area contributed by atoms with Crippen molar-refractivity contribution >= 4 is 112 Å². The molecule has 0 saturated carbocycles. The van der Waals surface area contributed by atoms with Gasteiger partial charge in [-0.3, -0.25) is 86.3 Å². The first-order chi connectivity index (χ1) is 60.6. The maximum absolute atomic E-state index is 14.8. The van der Waals surface area contributed by atoms with E-state index >= 15 is 0 Å². The molecule has 0 radical (unpaired) electrons. The second-order valence-corrected chi connectivity index (χ2v) is 35.3. The Hall–Kier alpha value is -11.8. The van der Waals surface area contributed by atoms with Gasteiger partial charge in [0.25, 0.3) is 0 Å². The quantitative estimate of drug-likeness (QED) is 0.0295. The minimum Gasteiger partial charge on any atom is -0.480 e. The third-order valence-corrected chi connectivity index (χ3v) is 22.1. The van der Waals surface area contributed by atoms with Crippen molar-refractivity contribution in [2.24, 2.45) is 52.9 Å². The number of carboxylic acids is 1. The van der Waals surface area contributed by atoms with Crippen molar-refractivity contribution in [3.8, 4) is 0 Å². The van der Waals surface area contributed by atoms with Crippen molar-refractivity contribution < 1.29 is 106 Å². The average Bonchev–Trinajstić information content (AvgIpc) is 1.71. The van der Waals surface area contributed by atoms with Crippen molar-refractivity contribution in [3.05, 3.63) is 36.4 Å². The smallest absolute Gasteiger partial charge is 0.326 e. The van der Waals surface area contributed by atoms with E-state index in [1.54, 1.807) is 96.9 Å². The second kappa shape index (κ2) is 53.9. The van der Waals surface area contributed by atoms with Gasteiger partial charge in [-0.15, -0.1) is 0 Å². The number of primary amides is 1. The minimum atomic E-state index is -1.66. The van der Waals surface area contributed by atoms with E-state index in [1.807, 2.05) is 0 Å². The molecule has 45 heteroatoms. The number of aliphatic carboxylic acids is 1.